The number of aromatic amines is 1. The molecule has 0 atom stereocenters. The summed E-state index contributed by atoms with van der Waals surface area (Å²) in [5.41, 5.74) is -4.86. The van der Waals surface area contributed by atoms with Crippen LogP contribution in [0.2, 0.25) is 0 Å². The molecule has 2 N–H and O–H groups in total. The van der Waals surface area contributed by atoms with Crippen LogP contribution in [0, 0.1) is 0 Å². The maximum Gasteiger partial charge on any atom is 0.460 e. The van der Waals surface area contributed by atoms with E-state index < -0.39 is 40.8 Å². The van der Waals surface area contributed by atoms with Crippen LogP contribution in [0.1, 0.15) is 16.1 Å². The number of H-pyrrole nitrogens is 1. The van der Waals surface area contributed by atoms with Gasteiger partial charge in [-0.05, 0) is 12.1 Å². The third-order valence-electron chi connectivity index (χ3n) is 2.23. The number of carbonyl (C=O) groups is 1. The first-order valence-corrected chi connectivity index (χ1v) is 4.62. The second-order valence-electron chi connectivity index (χ2n) is 3.57. The van der Waals surface area contributed by atoms with E-state index in [4.69, 9.17) is 5.11 Å². The molecule has 0 saturated heterocycles. The third kappa shape index (κ3) is 2.34. The molecule has 0 fully saturated rings. The first kappa shape index (κ1) is 16.0. The van der Waals surface area contributed by atoms with E-state index in [0.29, 0.717) is 0 Å². The highest BCUT2D eigenvalue weighted by molar-refractivity contribution is 5.87. The quantitative estimate of drug-likeness (QED) is 0.842. The highest BCUT2D eigenvalue weighted by Gasteiger charge is 2.74. The minimum absolute atomic E-state index is 0.0233. The Balaban J connectivity index is 3.41. The zero-order valence-electron chi connectivity index (χ0n) is 9.06. The lowest BCUT2D eigenvalue weighted by atomic mass is 10.1. The fraction of sp³-hybridized carbons (Fsp3) is 0.333. The molecule has 20 heavy (non-hydrogen) atoms. The molecule has 0 unspecified atom stereocenters. The van der Waals surface area contributed by atoms with Crippen LogP contribution in [0.25, 0.3) is 0 Å². The molecule has 0 radical (unpaired) electrons. The Bertz CT molecular complexity index is 590. The van der Waals surface area contributed by atoms with Gasteiger partial charge in [-0.15, -0.1) is 0 Å². The number of pyridine rings is 1. The minimum atomic E-state index is -6.56. The van der Waals surface area contributed by atoms with E-state index in [1.807, 2.05) is 0 Å². The predicted molar refractivity (Wildman–Crippen MR) is 48.9 cm³/mol. The smallest absolute Gasteiger partial charge is 0.460 e. The highest BCUT2D eigenvalue weighted by Crippen LogP contribution is 2.50. The van der Waals surface area contributed by atoms with Crippen molar-refractivity contribution in [3.63, 3.8) is 0 Å². The molecular weight excluding hydrogens is 303 g/mol. The number of aromatic nitrogens is 1. The molecule has 0 aromatic carbocycles. The topological polar surface area (TPSA) is 70.2 Å². The Morgan fingerprint density at radius 2 is 1.55 bits per heavy atom. The van der Waals surface area contributed by atoms with Gasteiger partial charge in [-0.25, -0.2) is 4.79 Å². The average Bonchev–Trinajstić information content (AvgIpc) is 2.26. The van der Waals surface area contributed by atoms with Crippen molar-refractivity contribution in [2.75, 3.05) is 0 Å². The molecule has 0 amide bonds. The molecule has 1 heterocycles. The van der Waals surface area contributed by atoms with Gasteiger partial charge in [-0.1, -0.05) is 0 Å². The molecule has 4 nitrogen and oxygen atoms in total. The van der Waals surface area contributed by atoms with E-state index >= 15 is 0 Å². The first-order valence-electron chi connectivity index (χ1n) is 4.62. The van der Waals surface area contributed by atoms with Gasteiger partial charge in [0.2, 0.25) is 0 Å². The molecule has 1 aromatic rings. The summed E-state index contributed by atoms with van der Waals surface area (Å²) in [4.78, 5) is 22.4. The summed E-state index contributed by atoms with van der Waals surface area (Å²) in [6, 6.07) is 0.182. The Morgan fingerprint density at radius 1 is 1.05 bits per heavy atom. The van der Waals surface area contributed by atoms with E-state index in [2.05, 4.69) is 0 Å². The van der Waals surface area contributed by atoms with Gasteiger partial charge in [0.05, 0.1) is 5.69 Å². The van der Waals surface area contributed by atoms with Crippen molar-refractivity contribution in [2.45, 2.75) is 18.0 Å². The van der Waals surface area contributed by atoms with Crippen molar-refractivity contribution in [1.82, 2.24) is 4.98 Å². The van der Waals surface area contributed by atoms with Gasteiger partial charge in [0, 0.05) is 0 Å². The summed E-state index contributed by atoms with van der Waals surface area (Å²) in [7, 11) is 0. The summed E-state index contributed by atoms with van der Waals surface area (Å²) < 4.78 is 87.4. The summed E-state index contributed by atoms with van der Waals surface area (Å²) >= 11 is 0. The molecule has 0 bridgehead atoms. The van der Waals surface area contributed by atoms with Gasteiger partial charge in [0.1, 0.15) is 5.56 Å². The lowest BCUT2D eigenvalue weighted by Gasteiger charge is -2.27. The van der Waals surface area contributed by atoms with E-state index in [1.165, 1.54) is 0 Å². The second-order valence-corrected chi connectivity index (χ2v) is 3.57. The molecule has 1 aromatic heterocycles. The van der Waals surface area contributed by atoms with E-state index in [-0.39, 0.29) is 12.1 Å². The van der Waals surface area contributed by atoms with E-state index in [9.17, 15) is 40.3 Å². The van der Waals surface area contributed by atoms with Crippen molar-refractivity contribution >= 4 is 5.97 Å². The maximum absolute atomic E-state index is 13.2. The number of hydrogen-bond acceptors (Lipinski definition) is 2. The molecule has 0 aliphatic rings. The van der Waals surface area contributed by atoms with Crippen molar-refractivity contribution in [3.8, 4) is 0 Å². The lowest BCUT2D eigenvalue weighted by Crippen LogP contribution is -2.50. The number of halogens is 7. The summed E-state index contributed by atoms with van der Waals surface area (Å²) in [5.74, 6) is -14.1. The predicted octanol–water partition coefficient (Wildman–Crippen LogP) is 2.36. The molecule has 0 aliphatic carbocycles. The van der Waals surface area contributed by atoms with Crippen molar-refractivity contribution in [1.29, 1.82) is 0 Å². The second kappa shape index (κ2) is 4.49. The largest absolute Gasteiger partial charge is 0.477 e. The highest BCUT2D eigenvalue weighted by atomic mass is 19.4. The fourth-order valence-electron chi connectivity index (χ4n) is 1.17. The van der Waals surface area contributed by atoms with Crippen LogP contribution >= 0.6 is 0 Å². The monoisotopic (exact) mass is 307 g/mol. The average molecular weight is 307 g/mol. The van der Waals surface area contributed by atoms with Gasteiger partial charge in [-0.2, -0.15) is 30.7 Å². The molecule has 1 rings (SSSR count). The minimum Gasteiger partial charge on any atom is -0.477 e. The van der Waals surface area contributed by atoms with Gasteiger partial charge >= 0.3 is 24.0 Å². The number of rotatable bonds is 3. The van der Waals surface area contributed by atoms with E-state index in [0.717, 1.165) is 4.98 Å². The lowest BCUT2D eigenvalue weighted by molar-refractivity contribution is -0.360. The van der Waals surface area contributed by atoms with Crippen LogP contribution in [-0.4, -0.2) is 28.2 Å². The number of aromatic carboxylic acids is 1. The third-order valence-corrected chi connectivity index (χ3v) is 2.23. The zero-order chi connectivity index (χ0) is 15.9. The SMILES string of the molecule is O=C(O)c1ccc(C(F)(F)C(F)(F)C(F)(F)F)[nH]c1=O. The normalized spacial score (nSPS) is 13.3. The Kier molecular flexibility index (Phi) is 3.59. The van der Waals surface area contributed by atoms with Crippen LogP contribution in [0.5, 0.6) is 0 Å². The van der Waals surface area contributed by atoms with Crippen molar-refractivity contribution < 1.29 is 40.6 Å². The van der Waals surface area contributed by atoms with Crippen LogP contribution < -0.4 is 5.56 Å². The maximum atomic E-state index is 13.2. The molecule has 0 aliphatic heterocycles. The number of carboxylic acid groups (broad SMARTS) is 1. The van der Waals surface area contributed by atoms with Crippen LogP contribution in [-0.2, 0) is 5.92 Å². The van der Waals surface area contributed by atoms with Gasteiger partial charge < -0.3 is 10.1 Å². The van der Waals surface area contributed by atoms with Gasteiger partial charge in [-0.3, -0.25) is 4.79 Å². The molecule has 11 heteroatoms. The number of nitrogens with one attached hydrogen (secondary N) is 1. The van der Waals surface area contributed by atoms with Crippen molar-refractivity contribution in [3.05, 3.63) is 33.7 Å². The Morgan fingerprint density at radius 3 is 1.90 bits per heavy atom. The Labute approximate surface area is 104 Å². The van der Waals surface area contributed by atoms with Gasteiger partial charge in [0.15, 0.2) is 0 Å². The number of alkyl halides is 7. The number of carboxylic acids is 1. The van der Waals surface area contributed by atoms with Crippen molar-refractivity contribution in [2.24, 2.45) is 0 Å². The van der Waals surface area contributed by atoms with Gasteiger partial charge in [0.25, 0.3) is 5.56 Å². The van der Waals surface area contributed by atoms with E-state index in [1.54, 1.807) is 0 Å². The summed E-state index contributed by atoms with van der Waals surface area (Å²) in [6.45, 7) is 0. The number of hydrogen-bond donors (Lipinski definition) is 2. The first-order chi connectivity index (χ1) is 8.82. The standard InChI is InChI=1S/C9H4F7NO3/c10-7(11,8(12,13)9(14,15)16)4-2-1-3(6(19)20)5(18)17-4/h1-2H,(H,17,18)(H,19,20). The van der Waals surface area contributed by atoms with Crippen LogP contribution in [0.3, 0.4) is 0 Å². The molecular formula is C9H4F7NO3. The summed E-state index contributed by atoms with van der Waals surface area (Å²) in [5, 5.41) is 8.41. The molecule has 112 valence electrons. The Hall–Kier alpha value is -2.07. The van der Waals surface area contributed by atoms with Crippen LogP contribution in [0.4, 0.5) is 30.7 Å². The summed E-state index contributed by atoms with van der Waals surface area (Å²) in [6.07, 6.45) is -6.56. The molecule has 0 spiro atoms. The fourth-order valence-corrected chi connectivity index (χ4v) is 1.17. The molecule has 0 saturated carbocycles. The van der Waals surface area contributed by atoms with Crippen LogP contribution in [0.15, 0.2) is 16.9 Å². The zero-order valence-corrected chi connectivity index (χ0v) is 9.06.